The van der Waals surface area contributed by atoms with Gasteiger partial charge in [0.15, 0.2) is 0 Å². The molecule has 0 saturated carbocycles. The number of piperidine rings is 1. The number of methoxy groups -OCH3 is 1. The van der Waals surface area contributed by atoms with Gasteiger partial charge in [0.1, 0.15) is 11.9 Å². The fraction of sp³-hybridized carbons (Fsp3) is 0.524. The molecule has 0 aliphatic carbocycles. The predicted octanol–water partition coefficient (Wildman–Crippen LogP) is 2.59. The third-order valence-electron chi connectivity index (χ3n) is 5.59. The first-order chi connectivity index (χ1) is 16.2. The van der Waals surface area contributed by atoms with Crippen molar-refractivity contribution in [3.63, 3.8) is 0 Å². The molecule has 0 bridgehead atoms. The van der Waals surface area contributed by atoms with Gasteiger partial charge < -0.3 is 29.7 Å². The van der Waals surface area contributed by atoms with Crippen LogP contribution in [0.1, 0.15) is 18.4 Å². The zero-order valence-electron chi connectivity index (χ0n) is 18.5. The number of carbonyl (C=O) groups excluding carboxylic acids is 1. The Morgan fingerprint density at radius 1 is 1.21 bits per heavy atom. The lowest BCUT2D eigenvalue weighted by Crippen LogP contribution is -2.44. The molecular formula is C21H25F3N6O4. The number of carbonyl (C=O) groups is 1. The van der Waals surface area contributed by atoms with Crippen LogP contribution in [-0.2, 0) is 15.7 Å². The molecule has 0 spiro atoms. The molecule has 34 heavy (non-hydrogen) atoms. The van der Waals surface area contributed by atoms with Crippen LogP contribution >= 0.6 is 0 Å². The van der Waals surface area contributed by atoms with E-state index in [1.54, 1.807) is 0 Å². The fourth-order valence-corrected chi connectivity index (χ4v) is 3.93. The van der Waals surface area contributed by atoms with E-state index in [9.17, 15) is 18.0 Å². The molecule has 2 fully saturated rings. The number of pyridine rings is 1. The van der Waals surface area contributed by atoms with Gasteiger partial charge in [-0.3, -0.25) is 0 Å². The molecule has 2 N–H and O–H groups in total. The van der Waals surface area contributed by atoms with Crippen LogP contribution in [0.25, 0.3) is 11.3 Å². The second-order valence-corrected chi connectivity index (χ2v) is 7.94. The maximum atomic E-state index is 13.8. The summed E-state index contributed by atoms with van der Waals surface area (Å²) in [6.45, 7) is 2.65. The Kier molecular flexibility index (Phi) is 6.91. The van der Waals surface area contributed by atoms with Crippen LogP contribution in [0.3, 0.4) is 0 Å². The largest absolute Gasteiger partial charge is 0.472 e. The summed E-state index contributed by atoms with van der Waals surface area (Å²) in [6, 6.07) is 2.13. The quantitative estimate of drug-likeness (QED) is 0.702. The van der Waals surface area contributed by atoms with Gasteiger partial charge in [-0.2, -0.15) is 18.2 Å². The molecule has 1 atom stereocenters. The number of nitrogen functional groups attached to an aromatic ring is 1. The van der Waals surface area contributed by atoms with E-state index < -0.39 is 23.9 Å². The first-order valence-corrected chi connectivity index (χ1v) is 10.8. The van der Waals surface area contributed by atoms with Gasteiger partial charge in [0.25, 0.3) is 0 Å². The van der Waals surface area contributed by atoms with Gasteiger partial charge >= 0.3 is 12.3 Å². The molecule has 10 nitrogen and oxygen atoms in total. The van der Waals surface area contributed by atoms with Gasteiger partial charge in [0.2, 0.25) is 11.8 Å². The molecule has 4 rings (SSSR count). The van der Waals surface area contributed by atoms with E-state index in [-0.39, 0.29) is 35.4 Å². The second-order valence-electron chi connectivity index (χ2n) is 7.94. The van der Waals surface area contributed by atoms with Gasteiger partial charge in [-0.1, -0.05) is 0 Å². The Morgan fingerprint density at radius 3 is 2.68 bits per heavy atom. The number of ether oxygens (including phenoxy) is 3. The lowest BCUT2D eigenvalue weighted by atomic mass is 10.1. The Bertz CT molecular complexity index is 1030. The Balaban J connectivity index is 1.70. The highest BCUT2D eigenvalue weighted by molar-refractivity contribution is 5.68. The molecule has 2 aliphatic rings. The van der Waals surface area contributed by atoms with Crippen LogP contribution in [-0.4, -0.2) is 78.6 Å². The van der Waals surface area contributed by atoms with E-state index >= 15 is 0 Å². The highest BCUT2D eigenvalue weighted by atomic mass is 19.4. The first-order valence-electron chi connectivity index (χ1n) is 10.8. The summed E-state index contributed by atoms with van der Waals surface area (Å²) in [5.74, 6) is 0.0784. The highest BCUT2D eigenvalue weighted by Gasteiger charge is 2.35. The second kappa shape index (κ2) is 9.87. The maximum Gasteiger partial charge on any atom is 0.417 e. The first kappa shape index (κ1) is 23.8. The van der Waals surface area contributed by atoms with E-state index in [2.05, 4.69) is 15.0 Å². The number of hydrogen-bond acceptors (Lipinski definition) is 9. The number of anilines is 2. The van der Waals surface area contributed by atoms with Gasteiger partial charge in [0.05, 0.1) is 38.1 Å². The topological polar surface area (TPSA) is 116 Å². The third kappa shape index (κ3) is 5.41. The van der Waals surface area contributed by atoms with Crippen molar-refractivity contribution in [1.29, 1.82) is 0 Å². The zero-order chi connectivity index (χ0) is 24.3. The molecular weight excluding hydrogens is 457 g/mol. The highest BCUT2D eigenvalue weighted by Crippen LogP contribution is 2.38. The van der Waals surface area contributed by atoms with Gasteiger partial charge in [0, 0.05) is 37.5 Å². The fourth-order valence-electron chi connectivity index (χ4n) is 3.93. The molecule has 2 aromatic rings. The number of nitrogens with zero attached hydrogens (tertiary/aromatic N) is 5. The summed E-state index contributed by atoms with van der Waals surface area (Å²) >= 11 is 0. The van der Waals surface area contributed by atoms with Crippen molar-refractivity contribution in [2.24, 2.45) is 0 Å². The minimum atomic E-state index is -4.66. The van der Waals surface area contributed by atoms with Crippen molar-refractivity contribution in [1.82, 2.24) is 19.9 Å². The molecule has 2 aliphatic heterocycles. The number of hydrogen-bond donors (Lipinski definition) is 1. The molecule has 184 valence electrons. The summed E-state index contributed by atoms with van der Waals surface area (Å²) in [4.78, 5) is 27.9. The third-order valence-corrected chi connectivity index (χ3v) is 5.59. The van der Waals surface area contributed by atoms with Crippen molar-refractivity contribution >= 4 is 17.9 Å². The van der Waals surface area contributed by atoms with E-state index in [1.165, 1.54) is 18.1 Å². The van der Waals surface area contributed by atoms with Crippen molar-refractivity contribution in [3.05, 3.63) is 23.9 Å². The monoisotopic (exact) mass is 482 g/mol. The van der Waals surface area contributed by atoms with E-state index in [0.717, 1.165) is 12.3 Å². The molecule has 1 amide bonds. The summed E-state index contributed by atoms with van der Waals surface area (Å²) in [5, 5.41) is 0. The number of rotatable bonds is 4. The Morgan fingerprint density at radius 2 is 1.97 bits per heavy atom. The van der Waals surface area contributed by atoms with Crippen molar-refractivity contribution in [2.45, 2.75) is 25.1 Å². The minimum Gasteiger partial charge on any atom is -0.472 e. The van der Waals surface area contributed by atoms with Crippen LogP contribution in [0.4, 0.5) is 29.7 Å². The zero-order valence-corrected chi connectivity index (χ0v) is 18.5. The van der Waals surface area contributed by atoms with Crippen LogP contribution in [0.2, 0.25) is 0 Å². The summed E-state index contributed by atoms with van der Waals surface area (Å²) in [5.41, 5.74) is 4.34. The number of halogens is 3. The van der Waals surface area contributed by atoms with Gasteiger partial charge in [-0.25, -0.2) is 14.8 Å². The number of nitrogens with two attached hydrogens (primary N) is 1. The van der Waals surface area contributed by atoms with Crippen molar-refractivity contribution in [2.75, 3.05) is 57.1 Å². The predicted molar refractivity (Wildman–Crippen MR) is 115 cm³/mol. The standard InChI is InChI=1S/C21H25F3N6O4/c1-32-20(31)30-4-2-3-13(12-30)34-18-10-16(27-19(28-18)29-5-7-33-8-6-29)14-11-26-17(25)9-15(14)21(22,23)24/h9-11,13H,2-8,12H2,1H3,(H2,25,26)/t13-/m0/s1. The van der Waals surface area contributed by atoms with Crippen molar-refractivity contribution < 1.29 is 32.2 Å². The number of morpholine rings is 1. The van der Waals surface area contributed by atoms with E-state index in [4.69, 9.17) is 19.9 Å². The lowest BCUT2D eigenvalue weighted by molar-refractivity contribution is -0.137. The number of likely N-dealkylation sites (tertiary alicyclic amines) is 1. The summed E-state index contributed by atoms with van der Waals surface area (Å²) < 4.78 is 57.5. The van der Waals surface area contributed by atoms with Crippen LogP contribution in [0.15, 0.2) is 18.3 Å². The minimum absolute atomic E-state index is 0.00644. The summed E-state index contributed by atoms with van der Waals surface area (Å²) in [7, 11) is 1.30. The average Bonchev–Trinajstić information content (AvgIpc) is 2.83. The van der Waals surface area contributed by atoms with Crippen LogP contribution in [0.5, 0.6) is 5.88 Å². The molecule has 0 aromatic carbocycles. The molecule has 2 saturated heterocycles. The van der Waals surface area contributed by atoms with Crippen LogP contribution in [0, 0.1) is 0 Å². The van der Waals surface area contributed by atoms with Crippen molar-refractivity contribution in [3.8, 4) is 17.1 Å². The normalized spacial score (nSPS) is 19.1. The SMILES string of the molecule is COC(=O)N1CCC[C@H](Oc2cc(-c3cnc(N)cc3C(F)(F)F)nc(N3CCOCC3)n2)C1. The van der Waals surface area contributed by atoms with Gasteiger partial charge in [-0.05, 0) is 18.9 Å². The van der Waals surface area contributed by atoms with E-state index in [1.807, 2.05) is 4.90 Å². The number of amides is 1. The average molecular weight is 482 g/mol. The lowest BCUT2D eigenvalue weighted by Gasteiger charge is -2.32. The molecule has 4 heterocycles. The smallest absolute Gasteiger partial charge is 0.417 e. The Labute approximate surface area is 193 Å². The maximum absolute atomic E-state index is 13.8. The van der Waals surface area contributed by atoms with Gasteiger partial charge in [-0.15, -0.1) is 0 Å². The van der Waals surface area contributed by atoms with Crippen LogP contribution < -0.4 is 15.4 Å². The molecule has 2 aromatic heterocycles. The number of alkyl halides is 3. The molecule has 0 unspecified atom stereocenters. The van der Waals surface area contributed by atoms with E-state index in [0.29, 0.717) is 45.7 Å². The Hall–Kier alpha value is -3.35. The summed E-state index contributed by atoms with van der Waals surface area (Å²) in [6.07, 6.45) is -3.15. The number of aromatic nitrogens is 3. The molecule has 0 radical (unpaired) electrons. The molecule has 13 heteroatoms.